The Kier molecular flexibility index (Phi) is 4.21. The molecule has 1 heterocycles. The fourth-order valence-electron chi connectivity index (χ4n) is 1.86. The molecular formula is C14H14N4O2S. The average molecular weight is 302 g/mol. The smallest absolute Gasteiger partial charge is 0.244 e. The van der Waals surface area contributed by atoms with E-state index in [1.54, 1.807) is 24.5 Å². The Balaban J connectivity index is 2.36. The van der Waals surface area contributed by atoms with Gasteiger partial charge in [0, 0.05) is 31.7 Å². The van der Waals surface area contributed by atoms with Gasteiger partial charge in [0.25, 0.3) is 0 Å². The minimum Gasteiger partial charge on any atom is -0.399 e. The van der Waals surface area contributed by atoms with Gasteiger partial charge in [0.15, 0.2) is 0 Å². The summed E-state index contributed by atoms with van der Waals surface area (Å²) in [6, 6.07) is 9.55. The van der Waals surface area contributed by atoms with Crippen LogP contribution >= 0.6 is 0 Å². The quantitative estimate of drug-likeness (QED) is 0.859. The van der Waals surface area contributed by atoms with Gasteiger partial charge in [0.1, 0.15) is 11.0 Å². The maximum Gasteiger partial charge on any atom is 0.244 e. The lowest BCUT2D eigenvalue weighted by Crippen LogP contribution is -2.27. The largest absolute Gasteiger partial charge is 0.399 e. The lowest BCUT2D eigenvalue weighted by Gasteiger charge is -2.18. The van der Waals surface area contributed by atoms with E-state index in [9.17, 15) is 8.42 Å². The van der Waals surface area contributed by atoms with Crippen molar-refractivity contribution in [1.29, 1.82) is 5.26 Å². The number of aromatic nitrogens is 1. The van der Waals surface area contributed by atoms with Crippen molar-refractivity contribution < 1.29 is 8.42 Å². The lowest BCUT2D eigenvalue weighted by atomic mass is 10.2. The van der Waals surface area contributed by atoms with E-state index in [0.29, 0.717) is 5.69 Å². The summed E-state index contributed by atoms with van der Waals surface area (Å²) in [7, 11) is -2.31. The second-order valence-corrected chi connectivity index (χ2v) is 6.50. The first kappa shape index (κ1) is 15.0. The van der Waals surface area contributed by atoms with E-state index in [-0.39, 0.29) is 17.0 Å². The van der Waals surface area contributed by atoms with Crippen molar-refractivity contribution in [3.05, 3.63) is 53.9 Å². The highest BCUT2D eigenvalue weighted by molar-refractivity contribution is 7.89. The van der Waals surface area contributed by atoms with Crippen LogP contribution in [-0.2, 0) is 16.6 Å². The van der Waals surface area contributed by atoms with E-state index in [4.69, 9.17) is 11.0 Å². The molecule has 0 aliphatic rings. The van der Waals surface area contributed by atoms with Crippen molar-refractivity contribution >= 4 is 15.7 Å². The van der Waals surface area contributed by atoms with Crippen molar-refractivity contribution in [1.82, 2.24) is 9.29 Å². The number of anilines is 1. The first-order chi connectivity index (χ1) is 9.95. The normalized spacial score (nSPS) is 11.3. The van der Waals surface area contributed by atoms with Crippen LogP contribution in [-0.4, -0.2) is 24.8 Å². The van der Waals surface area contributed by atoms with Gasteiger partial charge in [0.05, 0.1) is 5.56 Å². The van der Waals surface area contributed by atoms with Crippen molar-refractivity contribution in [2.45, 2.75) is 11.4 Å². The first-order valence-corrected chi connectivity index (χ1v) is 7.54. The van der Waals surface area contributed by atoms with Crippen LogP contribution in [0.1, 0.15) is 11.1 Å². The number of sulfonamides is 1. The minimum absolute atomic E-state index is 0.0352. The molecule has 2 rings (SSSR count). The second-order valence-electron chi connectivity index (χ2n) is 4.49. The molecule has 21 heavy (non-hydrogen) atoms. The third kappa shape index (κ3) is 3.18. The molecule has 0 unspecified atom stereocenters. The third-order valence-electron chi connectivity index (χ3n) is 2.94. The van der Waals surface area contributed by atoms with Crippen LogP contribution in [0.25, 0.3) is 0 Å². The highest BCUT2D eigenvalue weighted by Gasteiger charge is 2.24. The predicted octanol–water partition coefficient (Wildman–Crippen LogP) is 1.36. The summed E-state index contributed by atoms with van der Waals surface area (Å²) in [5, 5.41) is 9.08. The second kappa shape index (κ2) is 5.91. The van der Waals surface area contributed by atoms with Crippen LogP contribution in [0.3, 0.4) is 0 Å². The van der Waals surface area contributed by atoms with Crippen molar-refractivity contribution in [2.24, 2.45) is 0 Å². The number of pyridine rings is 1. The number of hydrogen-bond acceptors (Lipinski definition) is 5. The molecule has 1 aromatic heterocycles. The maximum atomic E-state index is 12.5. The minimum atomic E-state index is -3.77. The number of nitrogens with zero attached hydrogens (tertiary/aromatic N) is 3. The van der Waals surface area contributed by atoms with E-state index in [1.807, 2.05) is 6.07 Å². The summed E-state index contributed by atoms with van der Waals surface area (Å²) in [5.74, 6) is 0. The Morgan fingerprint density at radius 1 is 1.38 bits per heavy atom. The molecule has 0 bridgehead atoms. The molecule has 0 amide bonds. The molecule has 6 nitrogen and oxygen atoms in total. The van der Waals surface area contributed by atoms with E-state index < -0.39 is 10.0 Å². The van der Waals surface area contributed by atoms with Gasteiger partial charge in [-0.3, -0.25) is 4.98 Å². The van der Waals surface area contributed by atoms with E-state index in [0.717, 1.165) is 5.56 Å². The summed E-state index contributed by atoms with van der Waals surface area (Å²) in [6.07, 6.45) is 3.21. The van der Waals surface area contributed by atoms with Gasteiger partial charge in [-0.2, -0.15) is 9.57 Å². The predicted molar refractivity (Wildman–Crippen MR) is 78.5 cm³/mol. The van der Waals surface area contributed by atoms with Crippen LogP contribution in [0.15, 0.2) is 47.6 Å². The molecule has 0 radical (unpaired) electrons. The van der Waals surface area contributed by atoms with Crippen LogP contribution < -0.4 is 5.73 Å². The zero-order chi connectivity index (χ0) is 15.5. The maximum absolute atomic E-state index is 12.5. The van der Waals surface area contributed by atoms with E-state index >= 15 is 0 Å². The van der Waals surface area contributed by atoms with Gasteiger partial charge < -0.3 is 5.73 Å². The van der Waals surface area contributed by atoms with Gasteiger partial charge in [-0.1, -0.05) is 6.07 Å². The summed E-state index contributed by atoms with van der Waals surface area (Å²) < 4.78 is 26.3. The molecule has 0 saturated heterocycles. The fourth-order valence-corrected chi connectivity index (χ4v) is 3.14. The third-order valence-corrected chi connectivity index (χ3v) is 4.80. The zero-order valence-electron chi connectivity index (χ0n) is 11.4. The van der Waals surface area contributed by atoms with Gasteiger partial charge in [-0.15, -0.1) is 0 Å². The molecule has 2 N–H and O–H groups in total. The molecule has 0 aliphatic carbocycles. The molecule has 7 heteroatoms. The van der Waals surface area contributed by atoms with E-state index in [1.165, 1.54) is 29.6 Å². The lowest BCUT2D eigenvalue weighted by molar-refractivity contribution is 0.466. The van der Waals surface area contributed by atoms with Crippen molar-refractivity contribution in [3.8, 4) is 6.07 Å². The number of nitrogen functional groups attached to an aromatic ring is 1. The van der Waals surface area contributed by atoms with Gasteiger partial charge in [-0.25, -0.2) is 8.42 Å². The molecule has 0 aliphatic heterocycles. The first-order valence-electron chi connectivity index (χ1n) is 6.10. The number of hydrogen-bond donors (Lipinski definition) is 1. The SMILES string of the molecule is CN(Cc1cccnc1)S(=O)(=O)c1ccc(N)cc1C#N. The Labute approximate surface area is 123 Å². The van der Waals surface area contributed by atoms with E-state index in [2.05, 4.69) is 4.98 Å². The molecule has 0 atom stereocenters. The molecule has 0 saturated carbocycles. The van der Waals surface area contributed by atoms with Crippen molar-refractivity contribution in [3.63, 3.8) is 0 Å². The number of nitriles is 1. The molecule has 0 fully saturated rings. The topological polar surface area (TPSA) is 100 Å². The number of benzene rings is 1. The van der Waals surface area contributed by atoms with Crippen LogP contribution in [0.5, 0.6) is 0 Å². The molecular weight excluding hydrogens is 288 g/mol. The fraction of sp³-hybridized carbons (Fsp3) is 0.143. The molecule has 1 aromatic carbocycles. The summed E-state index contributed by atoms with van der Waals surface area (Å²) in [5.41, 5.74) is 6.72. The summed E-state index contributed by atoms with van der Waals surface area (Å²) in [6.45, 7) is 0.172. The zero-order valence-corrected chi connectivity index (χ0v) is 12.2. The van der Waals surface area contributed by atoms with Gasteiger partial charge in [-0.05, 0) is 29.8 Å². The molecule has 2 aromatic rings. The summed E-state index contributed by atoms with van der Waals surface area (Å²) >= 11 is 0. The van der Waals surface area contributed by atoms with Crippen LogP contribution in [0.2, 0.25) is 0 Å². The molecule has 108 valence electrons. The average Bonchev–Trinajstić information content (AvgIpc) is 2.47. The summed E-state index contributed by atoms with van der Waals surface area (Å²) in [4.78, 5) is 3.90. The highest BCUT2D eigenvalue weighted by Crippen LogP contribution is 2.22. The van der Waals surface area contributed by atoms with Crippen LogP contribution in [0, 0.1) is 11.3 Å². The number of nitrogens with two attached hydrogens (primary N) is 1. The highest BCUT2D eigenvalue weighted by atomic mass is 32.2. The standard InChI is InChI=1S/C14H14N4O2S/c1-18(10-11-3-2-6-17-9-11)21(19,20)14-5-4-13(16)7-12(14)8-15/h2-7,9H,10,16H2,1H3. The monoisotopic (exact) mass is 302 g/mol. The van der Waals surface area contributed by atoms with Crippen LogP contribution in [0.4, 0.5) is 5.69 Å². The Hall–Kier alpha value is -2.43. The van der Waals surface area contributed by atoms with Crippen molar-refractivity contribution in [2.75, 3.05) is 12.8 Å². The van der Waals surface area contributed by atoms with Gasteiger partial charge >= 0.3 is 0 Å². The Morgan fingerprint density at radius 3 is 2.76 bits per heavy atom. The Morgan fingerprint density at radius 2 is 2.14 bits per heavy atom. The van der Waals surface area contributed by atoms with Gasteiger partial charge in [0.2, 0.25) is 10.0 Å². The number of rotatable bonds is 4. The molecule has 0 spiro atoms. The Bertz CT molecular complexity index is 782.